The topological polar surface area (TPSA) is 95.5 Å². The number of hydrogen-bond acceptors (Lipinski definition) is 9. The summed E-state index contributed by atoms with van der Waals surface area (Å²) in [6.07, 6.45) is 4.69. The molecule has 1 saturated carbocycles. The molecular formula is C34H45ClFN7O2SSi. The highest BCUT2D eigenvalue weighted by molar-refractivity contribution is 7.99. The minimum Gasteiger partial charge on any atom is -0.416 e. The number of rotatable bonds is 11. The van der Waals surface area contributed by atoms with E-state index >= 15 is 0 Å². The molecule has 1 aliphatic carbocycles. The summed E-state index contributed by atoms with van der Waals surface area (Å²) in [5.41, 5.74) is 1.99. The van der Waals surface area contributed by atoms with Crippen LogP contribution in [0.15, 0.2) is 47.6 Å². The van der Waals surface area contributed by atoms with E-state index in [9.17, 15) is 9.18 Å². The number of carbonyl (C=O) groups is 1. The summed E-state index contributed by atoms with van der Waals surface area (Å²) in [4.78, 5) is 22.7. The zero-order chi connectivity index (χ0) is 33.5. The second-order valence-electron chi connectivity index (χ2n) is 14.6. The Labute approximate surface area is 287 Å². The third-order valence-electron chi connectivity index (χ3n) is 10.4. The molecule has 2 N–H and O–H groups in total. The van der Waals surface area contributed by atoms with Gasteiger partial charge in [-0.15, -0.1) is 22.0 Å². The minimum atomic E-state index is -1.89. The van der Waals surface area contributed by atoms with Crippen molar-refractivity contribution in [1.82, 2.24) is 25.0 Å². The second kappa shape index (κ2) is 13.7. The molecule has 13 heteroatoms. The van der Waals surface area contributed by atoms with E-state index in [4.69, 9.17) is 16.0 Å². The zero-order valence-electron chi connectivity index (χ0n) is 28.0. The SMILES string of the molecule is CN1C[C@@H]2C[C@H]1CN2[C@H]1C[C@H](C(=O)Nc2cc(Nc3cc(-c4cc(Cl)ccc4F)nnc3SCCO[Si](C)(C)C(C)(C)C)ccn2)C1. The Morgan fingerprint density at radius 3 is 2.57 bits per heavy atom. The molecule has 2 aliphatic heterocycles. The van der Waals surface area contributed by atoms with Crippen molar-refractivity contribution in [2.45, 2.75) is 81.3 Å². The van der Waals surface area contributed by atoms with E-state index in [0.29, 0.717) is 63.4 Å². The molecule has 0 radical (unpaired) electrons. The molecule has 3 aliphatic rings. The van der Waals surface area contributed by atoms with Crippen LogP contribution in [0.1, 0.15) is 40.0 Å². The van der Waals surface area contributed by atoms with E-state index in [2.05, 4.69) is 76.5 Å². The molecule has 0 spiro atoms. The van der Waals surface area contributed by atoms with Gasteiger partial charge in [0.25, 0.3) is 0 Å². The van der Waals surface area contributed by atoms with Gasteiger partial charge in [0.2, 0.25) is 5.91 Å². The Morgan fingerprint density at radius 1 is 1.09 bits per heavy atom. The van der Waals surface area contributed by atoms with E-state index < -0.39 is 14.1 Å². The number of nitrogens with one attached hydrogen (secondary N) is 2. The number of benzene rings is 1. The summed E-state index contributed by atoms with van der Waals surface area (Å²) in [5.74, 6) is 0.719. The maximum Gasteiger partial charge on any atom is 0.228 e. The lowest BCUT2D eigenvalue weighted by atomic mass is 9.78. The first-order valence-corrected chi connectivity index (χ1v) is 20.6. The van der Waals surface area contributed by atoms with Gasteiger partial charge in [0.1, 0.15) is 16.7 Å². The van der Waals surface area contributed by atoms with Crippen molar-refractivity contribution in [3.8, 4) is 11.3 Å². The predicted octanol–water partition coefficient (Wildman–Crippen LogP) is 7.29. The first kappa shape index (κ1) is 34.3. The number of anilines is 3. The van der Waals surface area contributed by atoms with Gasteiger partial charge in [-0.1, -0.05) is 32.4 Å². The Hall–Kier alpha value is -2.61. The minimum absolute atomic E-state index is 0.00800. The van der Waals surface area contributed by atoms with E-state index in [1.165, 1.54) is 30.3 Å². The fourth-order valence-corrected chi connectivity index (χ4v) is 8.52. The second-order valence-corrected chi connectivity index (χ2v) is 20.9. The van der Waals surface area contributed by atoms with E-state index in [-0.39, 0.29) is 22.4 Å². The smallest absolute Gasteiger partial charge is 0.228 e. The molecule has 0 unspecified atom stereocenters. The molecule has 47 heavy (non-hydrogen) atoms. The number of pyridine rings is 1. The van der Waals surface area contributed by atoms with Crippen molar-refractivity contribution in [1.29, 1.82) is 0 Å². The molecule has 1 amide bonds. The van der Waals surface area contributed by atoms with Crippen LogP contribution in [0.5, 0.6) is 0 Å². The number of likely N-dealkylation sites (tertiary alicyclic amines) is 2. The lowest BCUT2D eigenvalue weighted by molar-refractivity contribution is -0.125. The van der Waals surface area contributed by atoms with Crippen molar-refractivity contribution < 1.29 is 13.6 Å². The highest BCUT2D eigenvalue weighted by Gasteiger charge is 2.48. The molecule has 2 atom stereocenters. The van der Waals surface area contributed by atoms with Gasteiger partial charge in [0.15, 0.2) is 8.32 Å². The Kier molecular flexibility index (Phi) is 10.00. The number of carbonyl (C=O) groups excluding carboxylic acids is 1. The van der Waals surface area contributed by atoms with Crippen LogP contribution in [0.3, 0.4) is 0 Å². The van der Waals surface area contributed by atoms with Crippen LogP contribution >= 0.6 is 23.4 Å². The van der Waals surface area contributed by atoms with Crippen molar-refractivity contribution in [3.63, 3.8) is 0 Å². The van der Waals surface area contributed by atoms with Crippen molar-refractivity contribution in [3.05, 3.63) is 53.4 Å². The van der Waals surface area contributed by atoms with Crippen LogP contribution in [-0.2, 0) is 9.22 Å². The maximum absolute atomic E-state index is 14.8. The maximum atomic E-state index is 14.8. The molecular weight excluding hydrogens is 653 g/mol. The Morgan fingerprint density at radius 2 is 1.87 bits per heavy atom. The van der Waals surface area contributed by atoms with Gasteiger partial charge in [-0.2, -0.15) is 0 Å². The molecule has 4 heterocycles. The summed E-state index contributed by atoms with van der Waals surface area (Å²) in [6, 6.07) is 11.6. The van der Waals surface area contributed by atoms with Crippen LogP contribution in [0.25, 0.3) is 11.3 Å². The summed E-state index contributed by atoms with van der Waals surface area (Å²) < 4.78 is 21.2. The average molecular weight is 698 g/mol. The Bertz CT molecular complexity index is 1620. The van der Waals surface area contributed by atoms with E-state index in [0.717, 1.165) is 25.9 Å². The third kappa shape index (κ3) is 7.68. The molecule has 3 fully saturated rings. The van der Waals surface area contributed by atoms with Gasteiger partial charge in [0.05, 0.1) is 11.4 Å². The van der Waals surface area contributed by atoms with Gasteiger partial charge in [-0.3, -0.25) is 9.69 Å². The number of likely N-dealkylation sites (N-methyl/N-ethyl adjacent to an activating group) is 1. The number of hydrogen-bond donors (Lipinski definition) is 2. The summed E-state index contributed by atoms with van der Waals surface area (Å²) >= 11 is 7.71. The van der Waals surface area contributed by atoms with Crippen LogP contribution in [0.2, 0.25) is 23.2 Å². The lowest BCUT2D eigenvalue weighted by Crippen LogP contribution is -2.54. The van der Waals surface area contributed by atoms with Crippen molar-refractivity contribution in [2.75, 3.05) is 43.1 Å². The highest BCUT2D eigenvalue weighted by atomic mass is 35.5. The van der Waals surface area contributed by atoms with Crippen molar-refractivity contribution >= 4 is 54.8 Å². The van der Waals surface area contributed by atoms with E-state index in [1.807, 2.05) is 6.07 Å². The van der Waals surface area contributed by atoms with Gasteiger partial charge in [-0.25, -0.2) is 9.37 Å². The standard InChI is InChI=1S/C34H45ClFN7O2SSi/c1-34(2,3)47(5,6)45-11-12-46-33-30(18-29(40-41-33)27-15-22(35)7-8-28(27)36)38-23-9-10-37-31(16-23)39-32(44)21-13-24(14-21)43-20-25-17-26(43)19-42(25)4/h7-10,15-16,18,21,24-26H,11-14,17,19-20H2,1-6H3,(H2,37,38,39,40,44)/t21-,24-,25-,26-/m0/s1. The fraction of sp³-hybridized carbons (Fsp3) is 0.529. The third-order valence-corrected chi connectivity index (χ3v) is 16.1. The van der Waals surface area contributed by atoms with E-state index in [1.54, 1.807) is 24.4 Å². The lowest BCUT2D eigenvalue weighted by Gasteiger charge is -2.45. The number of piperazine rings is 1. The molecule has 2 aromatic heterocycles. The van der Waals surface area contributed by atoms with Gasteiger partial charge in [0, 0.05) is 78.0 Å². The quantitative estimate of drug-likeness (QED) is 0.122. The fourth-order valence-electron chi connectivity index (χ4n) is 6.43. The number of amides is 1. The first-order valence-electron chi connectivity index (χ1n) is 16.4. The zero-order valence-corrected chi connectivity index (χ0v) is 30.6. The van der Waals surface area contributed by atoms with Crippen molar-refractivity contribution in [2.24, 2.45) is 5.92 Å². The number of fused-ring (bicyclic) bond motifs is 2. The first-order chi connectivity index (χ1) is 22.3. The summed E-state index contributed by atoms with van der Waals surface area (Å²) in [5, 5.41) is 16.5. The number of aromatic nitrogens is 3. The predicted molar refractivity (Wildman–Crippen MR) is 190 cm³/mol. The summed E-state index contributed by atoms with van der Waals surface area (Å²) in [7, 11) is 0.322. The monoisotopic (exact) mass is 697 g/mol. The van der Waals surface area contributed by atoms with Crippen LogP contribution < -0.4 is 10.6 Å². The molecule has 2 bridgehead atoms. The van der Waals surface area contributed by atoms with Crippen LogP contribution in [-0.4, -0.2) is 89.8 Å². The van der Waals surface area contributed by atoms with Crippen LogP contribution in [0, 0.1) is 11.7 Å². The highest BCUT2D eigenvalue weighted by Crippen LogP contribution is 2.41. The number of halogens is 2. The average Bonchev–Trinajstić information content (AvgIpc) is 3.55. The van der Waals surface area contributed by atoms with Crippen LogP contribution in [0.4, 0.5) is 21.6 Å². The number of nitrogens with zero attached hydrogens (tertiary/aromatic N) is 5. The molecule has 3 aromatic rings. The summed E-state index contributed by atoms with van der Waals surface area (Å²) in [6.45, 7) is 14.0. The van der Waals surface area contributed by atoms with Gasteiger partial charge in [-0.05, 0) is 74.8 Å². The molecule has 6 rings (SSSR count). The molecule has 9 nitrogen and oxygen atoms in total. The van der Waals surface area contributed by atoms with Gasteiger partial charge >= 0.3 is 0 Å². The molecule has 1 aromatic carbocycles. The normalized spacial score (nSPS) is 23.1. The number of thioether (sulfide) groups is 1. The molecule has 252 valence electrons. The van der Waals surface area contributed by atoms with Gasteiger partial charge < -0.3 is 20.0 Å². The molecule has 2 saturated heterocycles. The largest absolute Gasteiger partial charge is 0.416 e. The Balaban J connectivity index is 1.13.